The lowest BCUT2D eigenvalue weighted by Gasteiger charge is -2.16. The van der Waals surface area contributed by atoms with Crippen molar-refractivity contribution in [3.63, 3.8) is 0 Å². The van der Waals surface area contributed by atoms with Crippen molar-refractivity contribution >= 4 is 17.2 Å². The zero-order chi connectivity index (χ0) is 19.8. The molecule has 27 heavy (non-hydrogen) atoms. The Hall–Kier alpha value is -2.82. The van der Waals surface area contributed by atoms with Gasteiger partial charge in [0.15, 0.2) is 0 Å². The Labute approximate surface area is 154 Å². The first kappa shape index (κ1) is 19.0. The van der Waals surface area contributed by atoms with E-state index in [4.69, 9.17) is 0 Å². The van der Waals surface area contributed by atoms with Crippen molar-refractivity contribution in [1.82, 2.24) is 20.0 Å². The van der Waals surface area contributed by atoms with Crippen LogP contribution in [0, 0.1) is 12.7 Å². The van der Waals surface area contributed by atoms with Gasteiger partial charge in [-0.1, -0.05) is 11.2 Å². The normalized spacial score (nSPS) is 11.6. The van der Waals surface area contributed by atoms with Crippen LogP contribution in [0.2, 0.25) is 0 Å². The number of thiazole rings is 1. The van der Waals surface area contributed by atoms with Crippen LogP contribution in [0.3, 0.4) is 0 Å². The fourth-order valence-corrected chi connectivity index (χ4v) is 2.89. The Bertz CT molecular complexity index is 983. The molecule has 0 saturated carbocycles. The van der Waals surface area contributed by atoms with Gasteiger partial charge >= 0.3 is 12.1 Å². The Morgan fingerprint density at radius 2 is 2.04 bits per heavy atom. The van der Waals surface area contributed by atoms with Crippen LogP contribution in [-0.4, -0.2) is 33.0 Å². The van der Waals surface area contributed by atoms with Crippen molar-refractivity contribution in [3.8, 4) is 11.4 Å². The summed E-state index contributed by atoms with van der Waals surface area (Å²) >= 11 is 1.43. The molecule has 0 unspecified atom stereocenters. The van der Waals surface area contributed by atoms with E-state index in [9.17, 15) is 22.4 Å². The number of rotatable bonds is 4. The van der Waals surface area contributed by atoms with Gasteiger partial charge in [-0.3, -0.25) is 4.79 Å². The van der Waals surface area contributed by atoms with Crippen LogP contribution < -0.4 is 0 Å². The molecule has 2 aromatic heterocycles. The van der Waals surface area contributed by atoms with Gasteiger partial charge in [-0.05, 0) is 19.1 Å². The molecule has 0 saturated heterocycles. The first-order valence-corrected chi connectivity index (χ1v) is 8.40. The molecule has 0 aliphatic heterocycles. The van der Waals surface area contributed by atoms with E-state index in [0.717, 1.165) is 11.1 Å². The molecule has 0 aliphatic rings. The molecule has 142 valence electrons. The van der Waals surface area contributed by atoms with E-state index in [1.165, 1.54) is 35.4 Å². The minimum absolute atomic E-state index is 0.0407. The SMILES string of the molecule is Cc1nc(CN(C)C(=O)c2ccc(-c3noc(C(F)(F)F)n3)cc2F)cs1. The maximum Gasteiger partial charge on any atom is 0.471 e. The highest BCUT2D eigenvalue weighted by molar-refractivity contribution is 7.09. The van der Waals surface area contributed by atoms with Crippen molar-refractivity contribution in [2.24, 2.45) is 0 Å². The third-order valence-corrected chi connectivity index (χ3v) is 4.36. The van der Waals surface area contributed by atoms with Gasteiger partial charge in [0, 0.05) is 18.0 Å². The predicted octanol–water partition coefficient (Wildman–Crippen LogP) is 3.93. The number of benzene rings is 1. The Balaban J connectivity index is 1.79. The first-order chi connectivity index (χ1) is 12.6. The van der Waals surface area contributed by atoms with Gasteiger partial charge < -0.3 is 9.42 Å². The molecule has 0 spiro atoms. The number of hydrogen-bond acceptors (Lipinski definition) is 6. The number of alkyl halides is 3. The van der Waals surface area contributed by atoms with Crippen molar-refractivity contribution in [3.05, 3.63) is 51.6 Å². The molecule has 1 aromatic carbocycles. The van der Waals surface area contributed by atoms with Gasteiger partial charge in [0.25, 0.3) is 5.91 Å². The maximum absolute atomic E-state index is 14.4. The summed E-state index contributed by atoms with van der Waals surface area (Å²) < 4.78 is 56.0. The summed E-state index contributed by atoms with van der Waals surface area (Å²) in [5, 5.41) is 5.83. The molecule has 0 radical (unpaired) electrons. The molecular weight excluding hydrogens is 388 g/mol. The Morgan fingerprint density at radius 1 is 1.30 bits per heavy atom. The lowest BCUT2D eigenvalue weighted by atomic mass is 10.1. The van der Waals surface area contributed by atoms with Gasteiger partial charge in [-0.2, -0.15) is 18.2 Å². The van der Waals surface area contributed by atoms with Crippen molar-refractivity contribution < 1.29 is 26.9 Å². The number of aryl methyl sites for hydroxylation is 1. The second kappa shape index (κ2) is 7.06. The number of nitrogens with zero attached hydrogens (tertiary/aromatic N) is 4. The quantitative estimate of drug-likeness (QED) is 0.621. The number of amides is 1. The average molecular weight is 400 g/mol. The molecule has 3 rings (SSSR count). The summed E-state index contributed by atoms with van der Waals surface area (Å²) in [6.07, 6.45) is -4.80. The molecule has 6 nitrogen and oxygen atoms in total. The summed E-state index contributed by atoms with van der Waals surface area (Å²) in [6, 6.07) is 3.31. The van der Waals surface area contributed by atoms with E-state index in [1.807, 2.05) is 6.92 Å². The average Bonchev–Trinajstić information content (AvgIpc) is 3.23. The summed E-state index contributed by atoms with van der Waals surface area (Å²) in [5.74, 6) is -3.45. The van der Waals surface area contributed by atoms with E-state index < -0.39 is 29.6 Å². The van der Waals surface area contributed by atoms with Crippen LogP contribution in [-0.2, 0) is 12.7 Å². The molecule has 0 fully saturated rings. The van der Waals surface area contributed by atoms with Gasteiger partial charge in [0.2, 0.25) is 5.82 Å². The van der Waals surface area contributed by atoms with Crippen molar-refractivity contribution in [1.29, 1.82) is 0 Å². The topological polar surface area (TPSA) is 72.1 Å². The smallest absolute Gasteiger partial charge is 0.336 e. The van der Waals surface area contributed by atoms with Gasteiger partial charge in [0.05, 0.1) is 22.8 Å². The minimum atomic E-state index is -4.80. The van der Waals surface area contributed by atoms with E-state index >= 15 is 0 Å². The number of aromatic nitrogens is 3. The van der Waals surface area contributed by atoms with Gasteiger partial charge in [-0.25, -0.2) is 9.37 Å². The third-order valence-electron chi connectivity index (χ3n) is 3.54. The van der Waals surface area contributed by atoms with Crippen LogP contribution in [0.1, 0.15) is 27.0 Å². The summed E-state index contributed by atoms with van der Waals surface area (Å²) in [7, 11) is 1.50. The fraction of sp³-hybridized carbons (Fsp3) is 0.250. The summed E-state index contributed by atoms with van der Waals surface area (Å²) in [4.78, 5) is 21.1. The van der Waals surface area contributed by atoms with E-state index in [0.29, 0.717) is 5.69 Å². The van der Waals surface area contributed by atoms with E-state index in [1.54, 1.807) is 5.38 Å². The molecule has 0 atom stereocenters. The molecule has 1 amide bonds. The van der Waals surface area contributed by atoms with Crippen LogP contribution in [0.5, 0.6) is 0 Å². The standard InChI is InChI=1S/C16H12F4N4O2S/c1-8-21-10(7-27-8)6-24(2)14(25)11-4-3-9(5-12(11)17)13-22-15(26-23-13)16(18,19)20/h3-5,7H,6H2,1-2H3. The molecular formula is C16H12F4N4O2S. The number of halogens is 4. The maximum atomic E-state index is 14.4. The molecule has 0 N–H and O–H groups in total. The fourth-order valence-electron chi connectivity index (χ4n) is 2.28. The lowest BCUT2D eigenvalue weighted by Crippen LogP contribution is -2.27. The Morgan fingerprint density at radius 3 is 2.59 bits per heavy atom. The summed E-state index contributed by atoms with van der Waals surface area (Å²) in [5.41, 5.74) is 0.408. The Kier molecular flexibility index (Phi) is 4.96. The zero-order valence-corrected chi connectivity index (χ0v) is 14.9. The van der Waals surface area contributed by atoms with Gasteiger partial charge in [-0.15, -0.1) is 11.3 Å². The number of carbonyl (C=O) groups excluding carboxylic acids is 1. The van der Waals surface area contributed by atoms with E-state index in [-0.39, 0.29) is 17.7 Å². The van der Waals surface area contributed by atoms with Crippen molar-refractivity contribution in [2.75, 3.05) is 7.05 Å². The lowest BCUT2D eigenvalue weighted by molar-refractivity contribution is -0.159. The highest BCUT2D eigenvalue weighted by Crippen LogP contribution is 2.29. The number of carbonyl (C=O) groups is 1. The van der Waals surface area contributed by atoms with Crippen LogP contribution in [0.15, 0.2) is 28.1 Å². The van der Waals surface area contributed by atoms with Crippen LogP contribution in [0.25, 0.3) is 11.4 Å². The van der Waals surface area contributed by atoms with Crippen LogP contribution >= 0.6 is 11.3 Å². The van der Waals surface area contributed by atoms with Gasteiger partial charge in [0.1, 0.15) is 5.82 Å². The predicted molar refractivity (Wildman–Crippen MR) is 87.3 cm³/mol. The monoisotopic (exact) mass is 400 g/mol. The second-order valence-electron chi connectivity index (χ2n) is 5.63. The zero-order valence-electron chi connectivity index (χ0n) is 14.0. The second-order valence-corrected chi connectivity index (χ2v) is 6.70. The number of hydrogen-bond donors (Lipinski definition) is 0. The molecule has 0 bridgehead atoms. The minimum Gasteiger partial charge on any atom is -0.336 e. The highest BCUT2D eigenvalue weighted by atomic mass is 32.1. The van der Waals surface area contributed by atoms with E-state index in [2.05, 4.69) is 19.6 Å². The largest absolute Gasteiger partial charge is 0.471 e. The molecule has 0 aliphatic carbocycles. The molecule has 11 heteroatoms. The van der Waals surface area contributed by atoms with Crippen LogP contribution in [0.4, 0.5) is 17.6 Å². The van der Waals surface area contributed by atoms with Crippen molar-refractivity contribution in [2.45, 2.75) is 19.6 Å². The summed E-state index contributed by atoms with van der Waals surface area (Å²) in [6.45, 7) is 2.03. The molecule has 2 heterocycles. The molecule has 3 aromatic rings. The first-order valence-electron chi connectivity index (χ1n) is 7.52. The highest BCUT2D eigenvalue weighted by Gasteiger charge is 2.38. The third kappa shape index (κ3) is 4.13.